The Hall–Kier alpha value is -3.01. The number of rotatable bonds is 3. The fourth-order valence-corrected chi connectivity index (χ4v) is 2.80. The van der Waals surface area contributed by atoms with Crippen LogP contribution < -0.4 is 4.74 Å². The van der Waals surface area contributed by atoms with Crippen molar-refractivity contribution in [3.63, 3.8) is 0 Å². The van der Waals surface area contributed by atoms with Crippen molar-refractivity contribution in [2.45, 2.75) is 20.3 Å². The largest absolute Gasteiger partial charge is 0.507 e. The molecule has 0 saturated heterocycles. The van der Waals surface area contributed by atoms with Gasteiger partial charge in [0.15, 0.2) is 0 Å². The summed E-state index contributed by atoms with van der Waals surface area (Å²) in [4.78, 5) is 12.4. The van der Waals surface area contributed by atoms with E-state index in [0.29, 0.717) is 22.9 Å². The van der Waals surface area contributed by atoms with Gasteiger partial charge >= 0.3 is 5.97 Å². The highest BCUT2D eigenvalue weighted by Crippen LogP contribution is 2.38. The lowest BCUT2D eigenvalue weighted by Crippen LogP contribution is -2.10. The van der Waals surface area contributed by atoms with Crippen LogP contribution in [0.2, 0.25) is 0 Å². The van der Waals surface area contributed by atoms with Crippen LogP contribution in [-0.2, 0) is 6.42 Å². The molecule has 0 saturated carbocycles. The van der Waals surface area contributed by atoms with Crippen molar-refractivity contribution in [2.75, 3.05) is 0 Å². The van der Waals surface area contributed by atoms with Gasteiger partial charge in [0.2, 0.25) is 0 Å². The Morgan fingerprint density at radius 2 is 1.83 bits per heavy atom. The lowest BCUT2D eigenvalue weighted by atomic mass is 9.98. The first-order valence-electron chi connectivity index (χ1n) is 7.77. The minimum atomic E-state index is -0.707. The maximum Gasteiger partial charge on any atom is 0.347 e. The topological polar surface area (TPSA) is 66.8 Å². The molecule has 0 fully saturated rings. The van der Waals surface area contributed by atoms with E-state index in [0.717, 1.165) is 11.1 Å². The summed E-state index contributed by atoms with van der Waals surface area (Å²) in [6.45, 7) is 3.79. The number of esters is 1. The minimum Gasteiger partial charge on any atom is -0.507 e. The highest BCUT2D eigenvalue weighted by Gasteiger charge is 2.20. The van der Waals surface area contributed by atoms with Gasteiger partial charge < -0.3 is 14.9 Å². The summed E-state index contributed by atoms with van der Waals surface area (Å²) in [5.74, 6) is -0.515. The highest BCUT2D eigenvalue weighted by atomic mass is 16.5. The van der Waals surface area contributed by atoms with Gasteiger partial charge in [-0.25, -0.2) is 4.79 Å². The normalized spacial score (nSPS) is 10.8. The predicted molar refractivity (Wildman–Crippen MR) is 92.8 cm³/mol. The van der Waals surface area contributed by atoms with E-state index in [1.165, 1.54) is 6.07 Å². The van der Waals surface area contributed by atoms with E-state index in [1.807, 2.05) is 32.0 Å². The summed E-state index contributed by atoms with van der Waals surface area (Å²) in [6.07, 6.45) is 0.706. The number of phenolic OH excluding ortho intramolecular Hbond substituents is 2. The molecule has 0 aliphatic carbocycles. The van der Waals surface area contributed by atoms with Gasteiger partial charge in [-0.15, -0.1) is 0 Å². The van der Waals surface area contributed by atoms with Crippen molar-refractivity contribution in [3.8, 4) is 17.2 Å². The molecule has 0 atom stereocenters. The van der Waals surface area contributed by atoms with E-state index in [4.69, 9.17) is 4.74 Å². The zero-order chi connectivity index (χ0) is 17.3. The van der Waals surface area contributed by atoms with Crippen LogP contribution in [0.5, 0.6) is 17.2 Å². The average Bonchev–Trinajstić information content (AvgIpc) is 2.59. The van der Waals surface area contributed by atoms with E-state index in [9.17, 15) is 15.0 Å². The molecule has 0 heterocycles. The van der Waals surface area contributed by atoms with Crippen LogP contribution in [0.1, 0.15) is 28.4 Å². The number of hydrogen-bond acceptors (Lipinski definition) is 4. The van der Waals surface area contributed by atoms with Gasteiger partial charge in [0.1, 0.15) is 22.8 Å². The van der Waals surface area contributed by atoms with Crippen molar-refractivity contribution in [1.29, 1.82) is 0 Å². The zero-order valence-corrected chi connectivity index (χ0v) is 13.5. The van der Waals surface area contributed by atoms with Crippen LogP contribution in [0, 0.1) is 6.92 Å². The molecule has 4 nitrogen and oxygen atoms in total. The maximum absolute atomic E-state index is 12.4. The molecule has 0 aromatic heterocycles. The number of aryl methyl sites for hydroxylation is 2. The summed E-state index contributed by atoms with van der Waals surface area (Å²) in [5.41, 5.74) is 1.65. The first kappa shape index (κ1) is 15.9. The van der Waals surface area contributed by atoms with E-state index in [-0.39, 0.29) is 17.1 Å². The van der Waals surface area contributed by atoms with Crippen molar-refractivity contribution >= 4 is 16.7 Å². The molecule has 2 N–H and O–H groups in total. The molecule has 24 heavy (non-hydrogen) atoms. The van der Waals surface area contributed by atoms with Gasteiger partial charge in [0, 0.05) is 10.8 Å². The minimum absolute atomic E-state index is 0.0445. The Balaban J connectivity index is 2.09. The molecule has 0 bridgehead atoms. The van der Waals surface area contributed by atoms with E-state index >= 15 is 0 Å². The smallest absolute Gasteiger partial charge is 0.347 e. The van der Waals surface area contributed by atoms with Crippen LogP contribution >= 0.6 is 0 Å². The molecule has 0 spiro atoms. The second-order valence-electron chi connectivity index (χ2n) is 5.64. The van der Waals surface area contributed by atoms with E-state index in [2.05, 4.69) is 0 Å². The summed E-state index contributed by atoms with van der Waals surface area (Å²) < 4.78 is 5.36. The molecule has 3 aromatic rings. The predicted octanol–water partition coefficient (Wildman–Crippen LogP) is 4.34. The van der Waals surface area contributed by atoms with Crippen molar-refractivity contribution in [1.82, 2.24) is 0 Å². The molecular formula is C20H18O4. The number of ether oxygens (including phenoxy) is 1. The molecule has 0 radical (unpaired) electrons. The van der Waals surface area contributed by atoms with Crippen LogP contribution in [0.15, 0.2) is 48.5 Å². The monoisotopic (exact) mass is 322 g/mol. The molecule has 4 heteroatoms. The lowest BCUT2D eigenvalue weighted by molar-refractivity contribution is 0.0730. The average molecular weight is 322 g/mol. The second-order valence-corrected chi connectivity index (χ2v) is 5.64. The van der Waals surface area contributed by atoms with Crippen molar-refractivity contribution < 1.29 is 19.7 Å². The van der Waals surface area contributed by atoms with E-state index in [1.54, 1.807) is 24.3 Å². The third-order valence-corrected chi connectivity index (χ3v) is 4.10. The number of carbonyl (C=O) groups excluding carboxylic acids is 1. The third-order valence-electron chi connectivity index (χ3n) is 4.10. The number of para-hydroxylation sites is 1. The quantitative estimate of drug-likeness (QED) is 0.427. The van der Waals surface area contributed by atoms with Gasteiger partial charge in [0.05, 0.1) is 0 Å². The molecule has 3 rings (SSSR count). The zero-order valence-electron chi connectivity index (χ0n) is 13.5. The Kier molecular flexibility index (Phi) is 4.13. The van der Waals surface area contributed by atoms with Gasteiger partial charge in [-0.3, -0.25) is 0 Å². The number of aromatic hydroxyl groups is 2. The van der Waals surface area contributed by atoms with Gasteiger partial charge in [-0.1, -0.05) is 43.3 Å². The number of carbonyl (C=O) groups is 1. The maximum atomic E-state index is 12.4. The first-order valence-corrected chi connectivity index (χ1v) is 7.77. The Morgan fingerprint density at radius 1 is 1.08 bits per heavy atom. The number of fused-ring (bicyclic) bond motifs is 1. The molecule has 0 aliphatic rings. The highest BCUT2D eigenvalue weighted by molar-refractivity contribution is 6.05. The lowest BCUT2D eigenvalue weighted by Gasteiger charge is -2.13. The fourth-order valence-electron chi connectivity index (χ4n) is 2.80. The fraction of sp³-hybridized carbons (Fsp3) is 0.150. The van der Waals surface area contributed by atoms with Gasteiger partial charge in [-0.2, -0.15) is 0 Å². The Morgan fingerprint density at radius 3 is 2.54 bits per heavy atom. The van der Waals surface area contributed by atoms with Gasteiger partial charge in [-0.05, 0) is 36.6 Å². The standard InChI is InChI=1S/C20H18O4/c1-3-13-8-6-9-14-18(13)16(21)11-15(19(14)22)20(23)24-17-10-5-4-7-12(17)2/h4-11,21-22H,3H2,1-2H3. The summed E-state index contributed by atoms with van der Waals surface area (Å²) >= 11 is 0. The SMILES string of the molecule is CCc1cccc2c(O)c(C(=O)Oc3ccccc3C)cc(O)c12. The van der Waals surface area contributed by atoms with Crippen LogP contribution in [0.3, 0.4) is 0 Å². The summed E-state index contributed by atoms with van der Waals surface area (Å²) in [5, 5.41) is 21.8. The van der Waals surface area contributed by atoms with Gasteiger partial charge in [0.25, 0.3) is 0 Å². The molecule has 0 aliphatic heterocycles. The molecule has 122 valence electrons. The molecule has 3 aromatic carbocycles. The van der Waals surface area contributed by atoms with Crippen molar-refractivity contribution in [3.05, 3.63) is 65.2 Å². The van der Waals surface area contributed by atoms with Crippen LogP contribution in [-0.4, -0.2) is 16.2 Å². The van der Waals surface area contributed by atoms with Crippen LogP contribution in [0.4, 0.5) is 0 Å². The Bertz CT molecular complexity index is 928. The van der Waals surface area contributed by atoms with Crippen LogP contribution in [0.25, 0.3) is 10.8 Å². The summed E-state index contributed by atoms with van der Waals surface area (Å²) in [6, 6.07) is 13.7. The number of phenols is 2. The second kappa shape index (κ2) is 6.24. The summed E-state index contributed by atoms with van der Waals surface area (Å²) in [7, 11) is 0. The number of benzene rings is 3. The van der Waals surface area contributed by atoms with E-state index < -0.39 is 5.97 Å². The molecule has 0 amide bonds. The third kappa shape index (κ3) is 2.67. The molecule has 0 unspecified atom stereocenters. The van der Waals surface area contributed by atoms with Crippen molar-refractivity contribution in [2.24, 2.45) is 0 Å². The Labute approximate surface area is 139 Å². The first-order chi connectivity index (χ1) is 11.5. The number of hydrogen-bond donors (Lipinski definition) is 2. The molecular weight excluding hydrogens is 304 g/mol.